The number of hydrogen-bond donors (Lipinski definition) is 2. The molecule has 3 nitrogen and oxygen atoms in total. The van der Waals surface area contributed by atoms with Crippen molar-refractivity contribution >= 4 is 23.2 Å². The number of rotatable bonds is 5. The lowest BCUT2D eigenvalue weighted by Crippen LogP contribution is -2.25. The maximum absolute atomic E-state index is 12.0. The molecule has 0 heterocycles. The smallest absolute Gasteiger partial charge is 0.253 e. The SMILES string of the molecule is Nc1cc(Cl)ccc1C(=O)NCCCc1ccccc1. The summed E-state index contributed by atoms with van der Waals surface area (Å²) in [6.45, 7) is 0.621. The number of benzene rings is 2. The zero-order valence-corrected chi connectivity index (χ0v) is 11.9. The Morgan fingerprint density at radius 3 is 2.60 bits per heavy atom. The van der Waals surface area contributed by atoms with Gasteiger partial charge in [-0.3, -0.25) is 4.79 Å². The van der Waals surface area contributed by atoms with Gasteiger partial charge in [0.05, 0.1) is 5.56 Å². The van der Waals surface area contributed by atoms with Crippen LogP contribution in [-0.4, -0.2) is 12.5 Å². The molecular weight excluding hydrogens is 272 g/mol. The highest BCUT2D eigenvalue weighted by Gasteiger charge is 2.08. The van der Waals surface area contributed by atoms with E-state index in [9.17, 15) is 4.79 Å². The first-order chi connectivity index (χ1) is 9.66. The zero-order valence-electron chi connectivity index (χ0n) is 11.1. The van der Waals surface area contributed by atoms with E-state index in [1.807, 2.05) is 18.2 Å². The summed E-state index contributed by atoms with van der Waals surface area (Å²) in [5, 5.41) is 3.40. The van der Waals surface area contributed by atoms with Gasteiger partial charge in [0.1, 0.15) is 0 Å². The van der Waals surface area contributed by atoms with Crippen molar-refractivity contribution in [2.75, 3.05) is 12.3 Å². The lowest BCUT2D eigenvalue weighted by Gasteiger charge is -2.08. The van der Waals surface area contributed by atoms with Crippen LogP contribution in [-0.2, 0) is 6.42 Å². The molecular formula is C16H17ClN2O. The summed E-state index contributed by atoms with van der Waals surface area (Å²) in [6, 6.07) is 15.1. The van der Waals surface area contributed by atoms with E-state index in [1.54, 1.807) is 18.2 Å². The molecule has 0 bridgehead atoms. The van der Waals surface area contributed by atoms with Crippen molar-refractivity contribution in [2.45, 2.75) is 12.8 Å². The second-order valence-corrected chi connectivity index (χ2v) is 5.01. The Bertz CT molecular complexity index is 584. The van der Waals surface area contributed by atoms with E-state index in [4.69, 9.17) is 17.3 Å². The van der Waals surface area contributed by atoms with E-state index in [0.29, 0.717) is 22.8 Å². The predicted molar refractivity (Wildman–Crippen MR) is 83.0 cm³/mol. The van der Waals surface area contributed by atoms with E-state index in [2.05, 4.69) is 17.4 Å². The maximum atomic E-state index is 12.0. The summed E-state index contributed by atoms with van der Waals surface area (Å²) in [6.07, 6.45) is 1.83. The molecule has 0 unspecified atom stereocenters. The standard InChI is InChI=1S/C16H17ClN2O/c17-13-8-9-14(15(18)11-13)16(20)19-10-4-7-12-5-2-1-3-6-12/h1-3,5-6,8-9,11H,4,7,10,18H2,(H,19,20). The number of nitrogen functional groups attached to an aromatic ring is 1. The maximum Gasteiger partial charge on any atom is 0.253 e. The van der Waals surface area contributed by atoms with Gasteiger partial charge < -0.3 is 11.1 Å². The van der Waals surface area contributed by atoms with E-state index < -0.39 is 0 Å². The lowest BCUT2D eigenvalue weighted by molar-refractivity contribution is 0.0954. The number of hydrogen-bond acceptors (Lipinski definition) is 2. The molecule has 0 radical (unpaired) electrons. The molecule has 104 valence electrons. The third-order valence-corrected chi connectivity index (χ3v) is 3.26. The lowest BCUT2D eigenvalue weighted by atomic mass is 10.1. The van der Waals surface area contributed by atoms with Crippen LogP contribution in [0.2, 0.25) is 5.02 Å². The van der Waals surface area contributed by atoms with Gasteiger partial charge in [-0.05, 0) is 36.6 Å². The number of aryl methyl sites for hydroxylation is 1. The number of anilines is 1. The van der Waals surface area contributed by atoms with Crippen molar-refractivity contribution in [3.05, 3.63) is 64.7 Å². The molecule has 0 spiro atoms. The fraction of sp³-hybridized carbons (Fsp3) is 0.188. The van der Waals surface area contributed by atoms with Crippen molar-refractivity contribution in [3.8, 4) is 0 Å². The molecule has 3 N–H and O–H groups in total. The molecule has 0 aliphatic rings. The fourth-order valence-corrected chi connectivity index (χ4v) is 2.16. The Balaban J connectivity index is 1.80. The van der Waals surface area contributed by atoms with E-state index in [0.717, 1.165) is 12.8 Å². The molecule has 0 atom stereocenters. The Morgan fingerprint density at radius 2 is 1.90 bits per heavy atom. The molecule has 20 heavy (non-hydrogen) atoms. The minimum Gasteiger partial charge on any atom is -0.398 e. The van der Waals surface area contributed by atoms with E-state index in [-0.39, 0.29) is 5.91 Å². The van der Waals surface area contributed by atoms with Crippen molar-refractivity contribution in [3.63, 3.8) is 0 Å². The van der Waals surface area contributed by atoms with Crippen LogP contribution in [0.15, 0.2) is 48.5 Å². The summed E-state index contributed by atoms with van der Waals surface area (Å²) in [5.74, 6) is -0.160. The first-order valence-corrected chi connectivity index (χ1v) is 6.92. The summed E-state index contributed by atoms with van der Waals surface area (Å²) < 4.78 is 0. The van der Waals surface area contributed by atoms with Crippen LogP contribution in [0.1, 0.15) is 22.3 Å². The first-order valence-electron chi connectivity index (χ1n) is 6.54. The highest BCUT2D eigenvalue weighted by molar-refractivity contribution is 6.31. The third-order valence-electron chi connectivity index (χ3n) is 3.03. The molecule has 0 aliphatic heterocycles. The van der Waals surface area contributed by atoms with E-state index >= 15 is 0 Å². The van der Waals surface area contributed by atoms with Gasteiger partial charge in [-0.2, -0.15) is 0 Å². The van der Waals surface area contributed by atoms with Gasteiger partial charge in [0, 0.05) is 17.3 Å². The number of nitrogens with two attached hydrogens (primary N) is 1. The van der Waals surface area contributed by atoms with Crippen molar-refractivity contribution < 1.29 is 4.79 Å². The second kappa shape index (κ2) is 6.96. The molecule has 0 saturated heterocycles. The van der Waals surface area contributed by atoms with Gasteiger partial charge >= 0.3 is 0 Å². The predicted octanol–water partition coefficient (Wildman–Crippen LogP) is 3.28. The molecule has 4 heteroatoms. The van der Waals surface area contributed by atoms with E-state index in [1.165, 1.54) is 5.56 Å². The summed E-state index contributed by atoms with van der Waals surface area (Å²) in [4.78, 5) is 12.0. The second-order valence-electron chi connectivity index (χ2n) is 4.58. The summed E-state index contributed by atoms with van der Waals surface area (Å²) >= 11 is 5.80. The normalized spacial score (nSPS) is 10.2. The van der Waals surface area contributed by atoms with Crippen LogP contribution in [0, 0.1) is 0 Å². The molecule has 0 saturated carbocycles. The number of carbonyl (C=O) groups is 1. The number of nitrogens with one attached hydrogen (secondary N) is 1. The number of amides is 1. The highest BCUT2D eigenvalue weighted by Crippen LogP contribution is 2.17. The Kier molecular flexibility index (Phi) is 5.02. The van der Waals surface area contributed by atoms with Crippen LogP contribution >= 0.6 is 11.6 Å². The van der Waals surface area contributed by atoms with Gasteiger partial charge in [0.2, 0.25) is 0 Å². The molecule has 2 aromatic carbocycles. The van der Waals surface area contributed by atoms with Gasteiger partial charge in [0.25, 0.3) is 5.91 Å². The Morgan fingerprint density at radius 1 is 1.15 bits per heavy atom. The van der Waals surface area contributed by atoms with Crippen molar-refractivity contribution in [2.24, 2.45) is 0 Å². The van der Waals surface area contributed by atoms with Crippen LogP contribution in [0.4, 0.5) is 5.69 Å². The van der Waals surface area contributed by atoms with Crippen molar-refractivity contribution in [1.29, 1.82) is 0 Å². The fourth-order valence-electron chi connectivity index (χ4n) is 1.97. The largest absolute Gasteiger partial charge is 0.398 e. The minimum atomic E-state index is -0.160. The van der Waals surface area contributed by atoms with Gasteiger partial charge in [-0.25, -0.2) is 0 Å². The topological polar surface area (TPSA) is 55.1 Å². The summed E-state index contributed by atoms with van der Waals surface area (Å²) in [5.41, 5.74) is 7.91. The van der Waals surface area contributed by atoms with Gasteiger partial charge in [-0.1, -0.05) is 41.9 Å². The Labute approximate surface area is 123 Å². The molecule has 0 aromatic heterocycles. The molecule has 2 rings (SSSR count). The Hall–Kier alpha value is -2.00. The zero-order chi connectivity index (χ0) is 14.4. The average molecular weight is 289 g/mol. The monoisotopic (exact) mass is 288 g/mol. The molecule has 2 aromatic rings. The number of carbonyl (C=O) groups excluding carboxylic acids is 1. The summed E-state index contributed by atoms with van der Waals surface area (Å²) in [7, 11) is 0. The van der Waals surface area contributed by atoms with Gasteiger partial charge in [-0.15, -0.1) is 0 Å². The van der Waals surface area contributed by atoms with Crippen LogP contribution in [0.3, 0.4) is 0 Å². The quantitative estimate of drug-likeness (QED) is 0.655. The van der Waals surface area contributed by atoms with Crippen LogP contribution in [0.5, 0.6) is 0 Å². The van der Waals surface area contributed by atoms with Crippen molar-refractivity contribution in [1.82, 2.24) is 5.32 Å². The first kappa shape index (κ1) is 14.4. The van der Waals surface area contributed by atoms with Gasteiger partial charge in [0.15, 0.2) is 0 Å². The number of halogens is 1. The third kappa shape index (κ3) is 4.00. The highest BCUT2D eigenvalue weighted by atomic mass is 35.5. The van der Waals surface area contributed by atoms with Crippen LogP contribution in [0.25, 0.3) is 0 Å². The molecule has 0 aliphatic carbocycles. The molecule has 1 amide bonds. The molecule has 0 fully saturated rings. The minimum absolute atomic E-state index is 0.160. The van der Waals surface area contributed by atoms with Crippen LogP contribution < -0.4 is 11.1 Å². The average Bonchev–Trinajstić information content (AvgIpc) is 2.44.